The molecule has 0 amide bonds. The molecule has 1 aliphatic rings. The first-order valence-electron chi connectivity index (χ1n) is 17.9. The Balaban J connectivity index is 1.79. The highest BCUT2D eigenvalue weighted by Gasteiger charge is 2.16. The van der Waals surface area contributed by atoms with Crippen molar-refractivity contribution in [3.63, 3.8) is 0 Å². The predicted octanol–water partition coefficient (Wildman–Crippen LogP) is 4.98. The quantitative estimate of drug-likeness (QED) is 0.281. The number of carbonyl (C=O) groups is 1. The topological polar surface area (TPSA) is 130 Å². The summed E-state index contributed by atoms with van der Waals surface area (Å²) in [5, 5.41) is 9.90. The maximum Gasteiger partial charge on any atom is 0.339 e. The number of ether oxygens (including phenoxy) is 10. The van der Waals surface area contributed by atoms with Gasteiger partial charge in [0.05, 0.1) is 112 Å². The van der Waals surface area contributed by atoms with Crippen LogP contribution in [0.3, 0.4) is 0 Å². The van der Waals surface area contributed by atoms with Gasteiger partial charge >= 0.3 is 5.97 Å². The van der Waals surface area contributed by atoms with E-state index < -0.39 is 12.1 Å². The number of rotatable bonds is 13. The van der Waals surface area contributed by atoms with E-state index in [1.807, 2.05) is 6.07 Å². The van der Waals surface area contributed by atoms with Crippen LogP contribution >= 0.6 is 0 Å². The van der Waals surface area contributed by atoms with Crippen molar-refractivity contribution in [3.8, 4) is 5.75 Å². The normalized spacial score (nSPS) is 20.1. The fraction of sp³-hybridized carbons (Fsp3) is 0.806. The van der Waals surface area contributed by atoms with Crippen LogP contribution in [0.1, 0.15) is 74.2 Å². The van der Waals surface area contributed by atoms with Gasteiger partial charge in [0.15, 0.2) is 0 Å². The molecule has 48 heavy (non-hydrogen) atoms. The zero-order valence-corrected chi connectivity index (χ0v) is 29.3. The molecule has 0 radical (unpaired) electrons. The van der Waals surface area contributed by atoms with E-state index in [1.54, 1.807) is 12.1 Å². The molecule has 0 saturated carbocycles. The molecule has 12 nitrogen and oxygen atoms in total. The average Bonchev–Trinajstić information content (AvgIpc) is 3.09. The van der Waals surface area contributed by atoms with Crippen LogP contribution in [0.5, 0.6) is 5.75 Å². The molecular formula is C36H62O12. The van der Waals surface area contributed by atoms with Gasteiger partial charge in [-0.3, -0.25) is 0 Å². The molecule has 1 atom stereocenters. The summed E-state index contributed by atoms with van der Waals surface area (Å²) < 4.78 is 56.5. The van der Waals surface area contributed by atoms with Crippen LogP contribution in [0.15, 0.2) is 18.2 Å². The Bertz CT molecular complexity index is 859. The number of carboxylic acid groups (broad SMARTS) is 1. The minimum atomic E-state index is -1.01. The summed E-state index contributed by atoms with van der Waals surface area (Å²) >= 11 is 0. The molecule has 0 spiro atoms. The highest BCUT2D eigenvalue weighted by atomic mass is 16.6. The van der Waals surface area contributed by atoms with E-state index in [0.29, 0.717) is 111 Å². The van der Waals surface area contributed by atoms with Crippen LogP contribution in [0.4, 0.5) is 0 Å². The maximum atomic E-state index is 12.1. The van der Waals surface area contributed by atoms with E-state index in [9.17, 15) is 9.90 Å². The van der Waals surface area contributed by atoms with Crippen LogP contribution in [0.25, 0.3) is 0 Å². The second-order valence-electron chi connectivity index (χ2n) is 11.5. The Morgan fingerprint density at radius 1 is 0.625 bits per heavy atom. The van der Waals surface area contributed by atoms with Crippen molar-refractivity contribution >= 4 is 5.97 Å². The Hall–Kier alpha value is -1.87. The molecule has 1 aromatic rings. The molecule has 1 aliphatic heterocycles. The van der Waals surface area contributed by atoms with Crippen LogP contribution in [-0.2, 0) is 49.1 Å². The standard InChI is InChI=1S/C36H62O12/c1-2-3-4-5-6-7-8-9-10-32-11-12-35(34(29-32)36(37)38)48-31-33-30-46-26-25-44-22-21-42-18-17-40-14-13-39-15-16-41-19-20-43-23-24-45-27-28-47-33/h11-12,29,33H,2-10,13-28,30-31H2,1H3,(H,37,38). The third kappa shape index (κ3) is 23.5. The van der Waals surface area contributed by atoms with Crippen molar-refractivity contribution in [2.75, 3.05) is 119 Å². The van der Waals surface area contributed by atoms with Crippen molar-refractivity contribution in [1.29, 1.82) is 0 Å². The van der Waals surface area contributed by atoms with Gasteiger partial charge in [-0.15, -0.1) is 0 Å². The Morgan fingerprint density at radius 2 is 1.06 bits per heavy atom. The van der Waals surface area contributed by atoms with Gasteiger partial charge in [-0.2, -0.15) is 0 Å². The smallest absolute Gasteiger partial charge is 0.339 e. The van der Waals surface area contributed by atoms with Crippen molar-refractivity contribution in [3.05, 3.63) is 29.3 Å². The van der Waals surface area contributed by atoms with Gasteiger partial charge in [0, 0.05) is 0 Å². The highest BCUT2D eigenvalue weighted by Crippen LogP contribution is 2.22. The number of unbranched alkanes of at least 4 members (excludes halogenated alkanes) is 7. The van der Waals surface area contributed by atoms with Gasteiger partial charge in [0.2, 0.25) is 0 Å². The highest BCUT2D eigenvalue weighted by molar-refractivity contribution is 5.91. The van der Waals surface area contributed by atoms with E-state index in [4.69, 9.17) is 47.4 Å². The number of hydrogen-bond donors (Lipinski definition) is 1. The first kappa shape index (κ1) is 42.3. The van der Waals surface area contributed by atoms with E-state index in [1.165, 1.54) is 38.5 Å². The summed E-state index contributed by atoms with van der Waals surface area (Å²) in [5.74, 6) is -0.698. The lowest BCUT2D eigenvalue weighted by atomic mass is 10.0. The number of aromatic carboxylic acids is 1. The molecule has 12 heteroatoms. The molecule has 1 saturated heterocycles. The van der Waals surface area contributed by atoms with Gasteiger partial charge in [0.25, 0.3) is 0 Å². The molecule has 0 aliphatic carbocycles. The lowest BCUT2D eigenvalue weighted by Crippen LogP contribution is -2.30. The van der Waals surface area contributed by atoms with Crippen molar-refractivity contribution < 1.29 is 57.3 Å². The lowest BCUT2D eigenvalue weighted by Gasteiger charge is -2.20. The van der Waals surface area contributed by atoms with Crippen LogP contribution in [0, 0.1) is 0 Å². The van der Waals surface area contributed by atoms with Crippen molar-refractivity contribution in [2.24, 2.45) is 0 Å². The molecule has 1 fully saturated rings. The minimum absolute atomic E-state index is 0.128. The van der Waals surface area contributed by atoms with E-state index in [0.717, 1.165) is 24.8 Å². The zero-order chi connectivity index (χ0) is 34.2. The number of carboxylic acids is 1. The van der Waals surface area contributed by atoms with Gasteiger partial charge < -0.3 is 52.5 Å². The third-order valence-corrected chi connectivity index (χ3v) is 7.51. The maximum absolute atomic E-state index is 12.1. The van der Waals surface area contributed by atoms with Gasteiger partial charge in [0.1, 0.15) is 24.0 Å². The molecule has 1 unspecified atom stereocenters. The SMILES string of the molecule is CCCCCCCCCCc1ccc(OCC2COCCOCCOCCOCCOCCOCCOCCOCCO2)c(C(=O)O)c1. The molecule has 278 valence electrons. The third-order valence-electron chi connectivity index (χ3n) is 7.51. The fourth-order valence-corrected chi connectivity index (χ4v) is 4.84. The largest absolute Gasteiger partial charge is 0.490 e. The zero-order valence-electron chi connectivity index (χ0n) is 29.3. The first-order valence-corrected chi connectivity index (χ1v) is 17.9. The average molecular weight is 687 g/mol. The minimum Gasteiger partial charge on any atom is -0.490 e. The monoisotopic (exact) mass is 686 g/mol. The Labute approximate surface area is 287 Å². The molecule has 1 heterocycles. The molecule has 1 aromatic carbocycles. The number of benzene rings is 1. The van der Waals surface area contributed by atoms with Gasteiger partial charge in [-0.25, -0.2) is 4.79 Å². The second kappa shape index (κ2) is 31.1. The Kier molecular flexibility index (Phi) is 27.4. The summed E-state index contributed by atoms with van der Waals surface area (Å²) in [6.45, 7) is 9.80. The van der Waals surface area contributed by atoms with Crippen LogP contribution in [0.2, 0.25) is 0 Å². The van der Waals surface area contributed by atoms with E-state index >= 15 is 0 Å². The van der Waals surface area contributed by atoms with E-state index in [-0.39, 0.29) is 18.8 Å². The number of aryl methyl sites for hydroxylation is 1. The van der Waals surface area contributed by atoms with Gasteiger partial charge in [-0.1, -0.05) is 57.9 Å². The summed E-state index contributed by atoms with van der Waals surface area (Å²) in [6, 6.07) is 5.43. The molecular weight excluding hydrogens is 624 g/mol. The van der Waals surface area contributed by atoms with Crippen molar-refractivity contribution in [2.45, 2.75) is 70.8 Å². The summed E-state index contributed by atoms with van der Waals surface area (Å²) in [6.07, 6.45) is 10.3. The predicted molar refractivity (Wildman–Crippen MR) is 182 cm³/mol. The second-order valence-corrected chi connectivity index (χ2v) is 11.5. The lowest BCUT2D eigenvalue weighted by molar-refractivity contribution is -0.0677. The van der Waals surface area contributed by atoms with Gasteiger partial charge in [-0.05, 0) is 30.5 Å². The summed E-state index contributed by atoms with van der Waals surface area (Å²) in [4.78, 5) is 12.1. The van der Waals surface area contributed by atoms with Crippen LogP contribution in [-0.4, -0.2) is 136 Å². The molecule has 2 rings (SSSR count). The number of hydrogen-bond acceptors (Lipinski definition) is 11. The molecule has 0 bridgehead atoms. The molecule has 1 N–H and O–H groups in total. The molecule has 0 aromatic heterocycles. The Morgan fingerprint density at radius 3 is 1.54 bits per heavy atom. The summed E-state index contributed by atoms with van der Waals surface area (Å²) in [7, 11) is 0. The summed E-state index contributed by atoms with van der Waals surface area (Å²) in [5.41, 5.74) is 1.16. The van der Waals surface area contributed by atoms with Crippen molar-refractivity contribution in [1.82, 2.24) is 0 Å². The first-order chi connectivity index (χ1) is 23.7. The fourth-order valence-electron chi connectivity index (χ4n) is 4.84. The van der Waals surface area contributed by atoms with E-state index in [2.05, 4.69) is 6.92 Å². The van der Waals surface area contributed by atoms with Crippen LogP contribution < -0.4 is 4.74 Å².